The van der Waals surface area contributed by atoms with Crippen LogP contribution in [0.4, 0.5) is 16.2 Å². The van der Waals surface area contributed by atoms with Crippen LogP contribution in [0, 0.1) is 0 Å². The van der Waals surface area contributed by atoms with Crippen molar-refractivity contribution in [2.45, 2.75) is 32.2 Å². The van der Waals surface area contributed by atoms with Crippen LogP contribution in [0.1, 0.15) is 25.3 Å². The zero-order valence-electron chi connectivity index (χ0n) is 13.5. The van der Waals surface area contributed by atoms with Crippen molar-refractivity contribution in [2.24, 2.45) is 0 Å². The summed E-state index contributed by atoms with van der Waals surface area (Å²) in [6.07, 6.45) is 3.17. The van der Waals surface area contributed by atoms with Crippen LogP contribution in [-0.4, -0.2) is 50.3 Å². The predicted octanol–water partition coefficient (Wildman–Crippen LogP) is 2.71. The van der Waals surface area contributed by atoms with E-state index in [1.807, 2.05) is 11.0 Å². The first-order chi connectivity index (χ1) is 10.7. The molecule has 2 aliphatic heterocycles. The lowest BCUT2D eigenvalue weighted by Gasteiger charge is -2.35. The smallest absolute Gasteiger partial charge is 0.322 e. The Morgan fingerprint density at radius 2 is 2.27 bits per heavy atom. The van der Waals surface area contributed by atoms with Crippen molar-refractivity contribution >= 4 is 17.4 Å². The summed E-state index contributed by atoms with van der Waals surface area (Å²) in [5.41, 5.74) is 3.49. The number of rotatable bonds is 2. The van der Waals surface area contributed by atoms with E-state index in [9.17, 15) is 4.79 Å². The van der Waals surface area contributed by atoms with Crippen LogP contribution in [0.25, 0.3) is 0 Å². The molecule has 2 aliphatic rings. The number of ether oxygens (including phenoxy) is 1. The Hall–Kier alpha value is -1.75. The Morgan fingerprint density at radius 1 is 1.41 bits per heavy atom. The summed E-state index contributed by atoms with van der Waals surface area (Å²) >= 11 is 0. The van der Waals surface area contributed by atoms with Gasteiger partial charge in [-0.1, -0.05) is 6.92 Å². The minimum Gasteiger partial charge on any atom is -0.377 e. The van der Waals surface area contributed by atoms with Crippen LogP contribution in [0.3, 0.4) is 0 Å². The summed E-state index contributed by atoms with van der Waals surface area (Å²) < 4.78 is 5.46. The minimum atomic E-state index is -0.0146. The summed E-state index contributed by atoms with van der Waals surface area (Å²) in [6.45, 7) is 5.12. The first kappa shape index (κ1) is 15.2. The highest BCUT2D eigenvalue weighted by atomic mass is 16.5. The Labute approximate surface area is 132 Å². The predicted molar refractivity (Wildman–Crippen MR) is 88.7 cm³/mol. The van der Waals surface area contributed by atoms with Gasteiger partial charge in [0.15, 0.2) is 0 Å². The van der Waals surface area contributed by atoms with E-state index < -0.39 is 0 Å². The van der Waals surface area contributed by atoms with Gasteiger partial charge in [0.1, 0.15) is 0 Å². The SMILES string of the molecule is CCC1COCCN1C(=O)Nc1ccc2c(c1)CCCN2C. The van der Waals surface area contributed by atoms with E-state index in [1.54, 1.807) is 0 Å². The largest absolute Gasteiger partial charge is 0.377 e. The van der Waals surface area contributed by atoms with E-state index in [1.165, 1.54) is 17.7 Å². The average Bonchev–Trinajstić information content (AvgIpc) is 2.55. The molecule has 1 saturated heterocycles. The number of nitrogens with one attached hydrogen (secondary N) is 1. The molecule has 1 atom stereocenters. The van der Waals surface area contributed by atoms with Gasteiger partial charge in [-0.3, -0.25) is 0 Å². The van der Waals surface area contributed by atoms with Gasteiger partial charge in [-0.05, 0) is 43.0 Å². The highest BCUT2D eigenvalue weighted by molar-refractivity contribution is 5.90. The zero-order valence-corrected chi connectivity index (χ0v) is 13.5. The fourth-order valence-corrected chi connectivity index (χ4v) is 3.32. The molecule has 120 valence electrons. The maximum absolute atomic E-state index is 12.5. The standard InChI is InChI=1S/C17H25N3O2/c1-3-15-12-22-10-9-20(15)17(21)18-14-6-7-16-13(11-14)5-4-8-19(16)2/h6-7,11,15H,3-5,8-10,12H2,1-2H3,(H,18,21). The van der Waals surface area contributed by atoms with E-state index in [0.717, 1.165) is 25.1 Å². The molecular formula is C17H25N3O2. The fraction of sp³-hybridized carbons (Fsp3) is 0.588. The quantitative estimate of drug-likeness (QED) is 0.913. The normalized spacial score (nSPS) is 21.5. The monoisotopic (exact) mass is 303 g/mol. The number of benzene rings is 1. The van der Waals surface area contributed by atoms with Gasteiger partial charge in [0.2, 0.25) is 0 Å². The molecule has 22 heavy (non-hydrogen) atoms. The number of urea groups is 1. The van der Waals surface area contributed by atoms with Crippen molar-refractivity contribution in [1.29, 1.82) is 0 Å². The first-order valence-electron chi connectivity index (χ1n) is 8.18. The Bertz CT molecular complexity index is 547. The van der Waals surface area contributed by atoms with Gasteiger partial charge < -0.3 is 19.9 Å². The van der Waals surface area contributed by atoms with Gasteiger partial charge in [0, 0.05) is 31.5 Å². The second-order valence-corrected chi connectivity index (χ2v) is 6.13. The molecule has 0 saturated carbocycles. The molecule has 0 spiro atoms. The Kier molecular flexibility index (Phi) is 4.52. The molecule has 1 aromatic carbocycles. The number of carbonyl (C=O) groups excluding carboxylic acids is 1. The third kappa shape index (κ3) is 3.04. The molecule has 2 amide bonds. The van der Waals surface area contributed by atoms with Crippen LogP contribution in [-0.2, 0) is 11.2 Å². The number of morpholine rings is 1. The van der Waals surface area contributed by atoms with E-state index >= 15 is 0 Å². The number of fused-ring (bicyclic) bond motifs is 1. The number of anilines is 2. The van der Waals surface area contributed by atoms with E-state index in [-0.39, 0.29) is 12.1 Å². The van der Waals surface area contributed by atoms with E-state index in [4.69, 9.17) is 4.74 Å². The highest BCUT2D eigenvalue weighted by Crippen LogP contribution is 2.28. The lowest BCUT2D eigenvalue weighted by atomic mass is 10.0. The number of hydrogen-bond donors (Lipinski definition) is 1. The van der Waals surface area contributed by atoms with Crippen molar-refractivity contribution in [3.05, 3.63) is 23.8 Å². The summed E-state index contributed by atoms with van der Waals surface area (Å²) in [5, 5.41) is 3.05. The Balaban J connectivity index is 1.71. The molecule has 5 heteroatoms. The molecule has 1 N–H and O–H groups in total. The molecular weight excluding hydrogens is 278 g/mol. The molecule has 1 unspecified atom stereocenters. The van der Waals surface area contributed by atoms with Gasteiger partial charge in [0.05, 0.1) is 19.3 Å². The summed E-state index contributed by atoms with van der Waals surface area (Å²) in [7, 11) is 2.12. The lowest BCUT2D eigenvalue weighted by molar-refractivity contribution is 0.0144. The van der Waals surface area contributed by atoms with E-state index in [2.05, 4.69) is 36.3 Å². The number of nitrogens with zero attached hydrogens (tertiary/aromatic N) is 2. The van der Waals surface area contributed by atoms with Gasteiger partial charge in [0.25, 0.3) is 0 Å². The molecule has 0 bridgehead atoms. The molecule has 1 aromatic rings. The van der Waals surface area contributed by atoms with Crippen LogP contribution >= 0.6 is 0 Å². The van der Waals surface area contributed by atoms with Crippen molar-refractivity contribution < 1.29 is 9.53 Å². The van der Waals surface area contributed by atoms with Gasteiger partial charge in [-0.25, -0.2) is 4.79 Å². The second kappa shape index (κ2) is 6.57. The van der Waals surface area contributed by atoms with E-state index in [0.29, 0.717) is 19.8 Å². The molecule has 5 nitrogen and oxygen atoms in total. The number of carbonyl (C=O) groups is 1. The Morgan fingerprint density at radius 3 is 3.09 bits per heavy atom. The van der Waals surface area contributed by atoms with Gasteiger partial charge >= 0.3 is 6.03 Å². The number of amides is 2. The first-order valence-corrected chi connectivity index (χ1v) is 8.18. The third-order valence-electron chi connectivity index (χ3n) is 4.64. The summed E-state index contributed by atoms with van der Waals surface area (Å²) in [6, 6.07) is 6.39. The van der Waals surface area contributed by atoms with Crippen LogP contribution in [0.5, 0.6) is 0 Å². The zero-order chi connectivity index (χ0) is 15.5. The highest BCUT2D eigenvalue weighted by Gasteiger charge is 2.26. The molecule has 0 radical (unpaired) electrons. The number of hydrogen-bond acceptors (Lipinski definition) is 3. The maximum Gasteiger partial charge on any atom is 0.322 e. The second-order valence-electron chi connectivity index (χ2n) is 6.13. The molecule has 1 fully saturated rings. The lowest BCUT2D eigenvalue weighted by Crippen LogP contribution is -2.50. The molecule has 0 aromatic heterocycles. The average molecular weight is 303 g/mol. The molecule has 2 heterocycles. The topological polar surface area (TPSA) is 44.8 Å². The minimum absolute atomic E-state index is 0.0146. The van der Waals surface area contributed by atoms with Crippen molar-refractivity contribution in [3.8, 4) is 0 Å². The van der Waals surface area contributed by atoms with Crippen LogP contribution in [0.2, 0.25) is 0 Å². The van der Waals surface area contributed by atoms with Gasteiger partial charge in [-0.2, -0.15) is 0 Å². The third-order valence-corrected chi connectivity index (χ3v) is 4.64. The van der Waals surface area contributed by atoms with Crippen molar-refractivity contribution in [1.82, 2.24) is 4.90 Å². The van der Waals surface area contributed by atoms with Gasteiger partial charge in [-0.15, -0.1) is 0 Å². The number of aryl methyl sites for hydroxylation is 1. The van der Waals surface area contributed by atoms with Crippen molar-refractivity contribution in [2.75, 3.05) is 43.6 Å². The summed E-state index contributed by atoms with van der Waals surface area (Å²) in [5.74, 6) is 0. The van der Waals surface area contributed by atoms with Crippen LogP contribution < -0.4 is 10.2 Å². The summed E-state index contributed by atoms with van der Waals surface area (Å²) in [4.78, 5) is 16.7. The molecule has 0 aliphatic carbocycles. The molecule has 3 rings (SSSR count). The fourth-order valence-electron chi connectivity index (χ4n) is 3.32. The maximum atomic E-state index is 12.5. The van der Waals surface area contributed by atoms with Crippen LogP contribution in [0.15, 0.2) is 18.2 Å². The van der Waals surface area contributed by atoms with Crippen molar-refractivity contribution in [3.63, 3.8) is 0 Å².